The SMILES string of the molecule is Cc1cc(OC(F)(F)F)ccc1-c1ccnnc1. The van der Waals surface area contributed by atoms with Gasteiger partial charge in [0, 0.05) is 5.56 Å². The van der Waals surface area contributed by atoms with E-state index in [2.05, 4.69) is 14.9 Å². The van der Waals surface area contributed by atoms with Crippen LogP contribution in [0.5, 0.6) is 5.75 Å². The van der Waals surface area contributed by atoms with Crippen LogP contribution in [0.3, 0.4) is 0 Å². The van der Waals surface area contributed by atoms with E-state index < -0.39 is 6.36 Å². The third-order valence-electron chi connectivity index (χ3n) is 2.33. The van der Waals surface area contributed by atoms with Crippen LogP contribution in [0, 0.1) is 6.92 Å². The Labute approximate surface area is 101 Å². The number of aryl methyl sites for hydroxylation is 1. The monoisotopic (exact) mass is 254 g/mol. The van der Waals surface area contributed by atoms with Crippen LogP contribution in [-0.4, -0.2) is 16.6 Å². The second-order valence-corrected chi connectivity index (χ2v) is 3.66. The summed E-state index contributed by atoms with van der Waals surface area (Å²) in [5.74, 6) is -0.231. The van der Waals surface area contributed by atoms with Gasteiger partial charge in [0.25, 0.3) is 0 Å². The predicted molar refractivity (Wildman–Crippen MR) is 58.9 cm³/mol. The molecule has 0 atom stereocenters. The molecule has 0 aliphatic rings. The van der Waals surface area contributed by atoms with Gasteiger partial charge in [0.15, 0.2) is 0 Å². The number of hydrogen-bond acceptors (Lipinski definition) is 3. The molecule has 0 unspecified atom stereocenters. The van der Waals surface area contributed by atoms with Crippen LogP contribution in [0.15, 0.2) is 36.7 Å². The average Bonchev–Trinajstić information content (AvgIpc) is 2.28. The quantitative estimate of drug-likeness (QED) is 0.824. The molecule has 18 heavy (non-hydrogen) atoms. The Morgan fingerprint density at radius 2 is 1.89 bits per heavy atom. The second-order valence-electron chi connectivity index (χ2n) is 3.66. The van der Waals surface area contributed by atoms with Crippen molar-refractivity contribution in [2.24, 2.45) is 0 Å². The lowest BCUT2D eigenvalue weighted by Crippen LogP contribution is -2.17. The molecule has 0 saturated heterocycles. The minimum atomic E-state index is -4.67. The summed E-state index contributed by atoms with van der Waals surface area (Å²) in [6, 6.07) is 5.91. The van der Waals surface area contributed by atoms with Gasteiger partial charge in [-0.15, -0.1) is 13.2 Å². The molecule has 0 N–H and O–H groups in total. The number of benzene rings is 1. The van der Waals surface area contributed by atoms with Crippen LogP contribution in [0.1, 0.15) is 5.56 Å². The summed E-state index contributed by atoms with van der Waals surface area (Å²) in [6.45, 7) is 1.71. The molecule has 1 heterocycles. The Kier molecular flexibility index (Phi) is 3.18. The van der Waals surface area contributed by atoms with Gasteiger partial charge >= 0.3 is 6.36 Å². The van der Waals surface area contributed by atoms with Gasteiger partial charge in [-0.25, -0.2) is 0 Å². The van der Waals surface area contributed by atoms with E-state index in [0.717, 1.165) is 11.1 Å². The van der Waals surface area contributed by atoms with Gasteiger partial charge in [0.1, 0.15) is 5.75 Å². The van der Waals surface area contributed by atoms with E-state index in [0.29, 0.717) is 5.56 Å². The highest BCUT2D eigenvalue weighted by atomic mass is 19.4. The van der Waals surface area contributed by atoms with Crippen LogP contribution < -0.4 is 4.74 Å². The first-order chi connectivity index (χ1) is 8.46. The van der Waals surface area contributed by atoms with Gasteiger partial charge in [0.05, 0.1) is 12.4 Å². The first kappa shape index (κ1) is 12.3. The maximum absolute atomic E-state index is 12.1. The normalized spacial score (nSPS) is 11.3. The smallest absolute Gasteiger partial charge is 0.406 e. The zero-order valence-electron chi connectivity index (χ0n) is 9.40. The molecular weight excluding hydrogens is 245 g/mol. The minimum Gasteiger partial charge on any atom is -0.406 e. The highest BCUT2D eigenvalue weighted by Gasteiger charge is 2.31. The van der Waals surface area contributed by atoms with E-state index in [9.17, 15) is 13.2 Å². The fourth-order valence-corrected chi connectivity index (χ4v) is 1.61. The minimum absolute atomic E-state index is 0.231. The molecule has 3 nitrogen and oxygen atoms in total. The lowest BCUT2D eigenvalue weighted by atomic mass is 10.0. The highest BCUT2D eigenvalue weighted by molar-refractivity contribution is 5.66. The lowest BCUT2D eigenvalue weighted by molar-refractivity contribution is -0.274. The largest absolute Gasteiger partial charge is 0.573 e. The summed E-state index contributed by atoms with van der Waals surface area (Å²) < 4.78 is 40.0. The lowest BCUT2D eigenvalue weighted by Gasteiger charge is -2.11. The summed E-state index contributed by atoms with van der Waals surface area (Å²) >= 11 is 0. The van der Waals surface area contributed by atoms with Crippen molar-refractivity contribution in [3.63, 3.8) is 0 Å². The van der Waals surface area contributed by atoms with Gasteiger partial charge in [-0.2, -0.15) is 10.2 Å². The van der Waals surface area contributed by atoms with Crippen molar-refractivity contribution < 1.29 is 17.9 Å². The van der Waals surface area contributed by atoms with Gasteiger partial charge < -0.3 is 4.74 Å². The molecule has 1 aromatic heterocycles. The molecular formula is C12H9F3N2O. The zero-order chi connectivity index (χ0) is 13.2. The van der Waals surface area contributed by atoms with Crippen molar-refractivity contribution in [1.82, 2.24) is 10.2 Å². The maximum atomic E-state index is 12.1. The van der Waals surface area contributed by atoms with E-state index >= 15 is 0 Å². The Balaban J connectivity index is 2.32. The standard InChI is InChI=1S/C12H9F3N2O/c1-8-6-10(18-12(13,14)15)2-3-11(8)9-4-5-16-17-7-9/h2-7H,1H3. The first-order valence-electron chi connectivity index (χ1n) is 5.09. The summed E-state index contributed by atoms with van der Waals surface area (Å²) in [5.41, 5.74) is 2.25. The van der Waals surface area contributed by atoms with Crippen molar-refractivity contribution in [3.05, 3.63) is 42.2 Å². The average molecular weight is 254 g/mol. The third kappa shape index (κ3) is 2.97. The molecule has 0 fully saturated rings. The summed E-state index contributed by atoms with van der Waals surface area (Å²) in [6.07, 6.45) is -1.60. The number of hydrogen-bond donors (Lipinski definition) is 0. The van der Waals surface area contributed by atoms with E-state index in [1.54, 1.807) is 25.3 Å². The highest BCUT2D eigenvalue weighted by Crippen LogP contribution is 2.29. The fourth-order valence-electron chi connectivity index (χ4n) is 1.61. The Morgan fingerprint density at radius 1 is 1.11 bits per heavy atom. The van der Waals surface area contributed by atoms with Crippen molar-refractivity contribution in [1.29, 1.82) is 0 Å². The third-order valence-corrected chi connectivity index (χ3v) is 2.33. The molecule has 2 aromatic rings. The topological polar surface area (TPSA) is 35.0 Å². The van der Waals surface area contributed by atoms with Crippen molar-refractivity contribution in [2.45, 2.75) is 13.3 Å². The van der Waals surface area contributed by atoms with Gasteiger partial charge in [0.2, 0.25) is 0 Å². The molecule has 2 rings (SSSR count). The Bertz CT molecular complexity index is 541. The molecule has 0 aliphatic carbocycles. The van der Waals surface area contributed by atoms with E-state index in [1.165, 1.54) is 18.3 Å². The molecule has 0 amide bonds. The van der Waals surface area contributed by atoms with Crippen LogP contribution in [0.4, 0.5) is 13.2 Å². The van der Waals surface area contributed by atoms with Gasteiger partial charge in [-0.1, -0.05) is 6.07 Å². The number of ether oxygens (including phenoxy) is 1. The van der Waals surface area contributed by atoms with E-state index in [4.69, 9.17) is 0 Å². The molecule has 0 spiro atoms. The van der Waals surface area contributed by atoms with Crippen LogP contribution >= 0.6 is 0 Å². The zero-order valence-corrected chi connectivity index (χ0v) is 9.40. The molecule has 0 aliphatic heterocycles. The van der Waals surface area contributed by atoms with Crippen LogP contribution in [0.2, 0.25) is 0 Å². The summed E-state index contributed by atoms with van der Waals surface area (Å²) in [5, 5.41) is 7.37. The molecule has 1 aromatic carbocycles. The molecule has 0 saturated carbocycles. The second kappa shape index (κ2) is 4.64. The van der Waals surface area contributed by atoms with E-state index in [1.807, 2.05) is 0 Å². The molecule has 0 bridgehead atoms. The Morgan fingerprint density at radius 3 is 2.44 bits per heavy atom. The van der Waals surface area contributed by atoms with Gasteiger partial charge in [-0.05, 0) is 36.2 Å². The van der Waals surface area contributed by atoms with Crippen molar-refractivity contribution in [2.75, 3.05) is 0 Å². The maximum Gasteiger partial charge on any atom is 0.573 e. The molecule has 94 valence electrons. The predicted octanol–water partition coefficient (Wildman–Crippen LogP) is 3.35. The number of rotatable bonds is 2. The van der Waals surface area contributed by atoms with Gasteiger partial charge in [-0.3, -0.25) is 0 Å². The number of nitrogens with zero attached hydrogens (tertiary/aromatic N) is 2. The molecule has 6 heteroatoms. The van der Waals surface area contributed by atoms with Crippen molar-refractivity contribution in [3.8, 4) is 16.9 Å². The van der Waals surface area contributed by atoms with E-state index in [-0.39, 0.29) is 5.75 Å². The molecule has 0 radical (unpaired) electrons. The fraction of sp³-hybridized carbons (Fsp3) is 0.167. The number of halogens is 3. The van der Waals surface area contributed by atoms with Crippen LogP contribution in [0.25, 0.3) is 11.1 Å². The number of aromatic nitrogens is 2. The van der Waals surface area contributed by atoms with Crippen molar-refractivity contribution >= 4 is 0 Å². The summed E-state index contributed by atoms with van der Waals surface area (Å²) in [7, 11) is 0. The van der Waals surface area contributed by atoms with Crippen LogP contribution in [-0.2, 0) is 0 Å². The Hall–Kier alpha value is -2.11. The first-order valence-corrected chi connectivity index (χ1v) is 5.09. The number of alkyl halides is 3. The summed E-state index contributed by atoms with van der Waals surface area (Å²) in [4.78, 5) is 0.